The van der Waals surface area contributed by atoms with Crippen molar-refractivity contribution in [1.82, 2.24) is 4.90 Å². The van der Waals surface area contributed by atoms with Gasteiger partial charge >= 0.3 is 5.97 Å². The van der Waals surface area contributed by atoms with Crippen molar-refractivity contribution in [2.45, 2.75) is 19.9 Å². The largest absolute Gasteiger partial charge is 0.497 e. The standard InChI is InChI=1S/C16H21NO3/c1-12-7-8-17(10-12)11-14-9-15(20-2)5-3-13(14)4-6-16(18)19/h3-6,9,12H,7-8,10-11H2,1-2H3,(H,18,19). The number of likely N-dealkylation sites (tertiary alicyclic amines) is 1. The fourth-order valence-corrected chi connectivity index (χ4v) is 2.58. The Hall–Kier alpha value is -1.81. The van der Waals surface area contributed by atoms with Gasteiger partial charge in [-0.15, -0.1) is 0 Å². The maximum Gasteiger partial charge on any atom is 0.328 e. The molecule has 0 aromatic heterocycles. The highest BCUT2D eigenvalue weighted by Gasteiger charge is 2.19. The minimum absolute atomic E-state index is 0.735. The molecule has 108 valence electrons. The fraction of sp³-hybridized carbons (Fsp3) is 0.438. The van der Waals surface area contributed by atoms with Crippen molar-refractivity contribution >= 4 is 12.0 Å². The van der Waals surface area contributed by atoms with Crippen molar-refractivity contribution in [2.24, 2.45) is 5.92 Å². The lowest BCUT2D eigenvalue weighted by Crippen LogP contribution is -2.20. The van der Waals surface area contributed by atoms with Crippen molar-refractivity contribution in [3.05, 3.63) is 35.4 Å². The molecule has 1 heterocycles. The highest BCUT2D eigenvalue weighted by atomic mass is 16.5. The van der Waals surface area contributed by atoms with Gasteiger partial charge in [-0.1, -0.05) is 13.0 Å². The minimum Gasteiger partial charge on any atom is -0.497 e. The molecule has 2 rings (SSSR count). The lowest BCUT2D eigenvalue weighted by atomic mass is 10.1. The van der Waals surface area contributed by atoms with E-state index in [1.807, 2.05) is 18.2 Å². The highest BCUT2D eigenvalue weighted by molar-refractivity contribution is 5.85. The quantitative estimate of drug-likeness (QED) is 0.839. The van der Waals surface area contributed by atoms with Crippen LogP contribution in [0.4, 0.5) is 0 Å². The number of hydrogen-bond acceptors (Lipinski definition) is 3. The van der Waals surface area contributed by atoms with E-state index in [1.54, 1.807) is 13.2 Å². The van der Waals surface area contributed by atoms with Gasteiger partial charge in [0.05, 0.1) is 7.11 Å². The topological polar surface area (TPSA) is 49.8 Å². The van der Waals surface area contributed by atoms with Crippen molar-refractivity contribution in [2.75, 3.05) is 20.2 Å². The summed E-state index contributed by atoms with van der Waals surface area (Å²) in [6.07, 6.45) is 4.05. The number of carbonyl (C=O) groups is 1. The monoisotopic (exact) mass is 275 g/mol. The van der Waals surface area contributed by atoms with E-state index in [-0.39, 0.29) is 0 Å². The maximum atomic E-state index is 10.7. The second-order valence-electron chi connectivity index (χ2n) is 5.37. The average molecular weight is 275 g/mol. The van der Waals surface area contributed by atoms with Crippen LogP contribution >= 0.6 is 0 Å². The Morgan fingerprint density at radius 3 is 2.95 bits per heavy atom. The SMILES string of the molecule is COc1ccc(C=CC(=O)O)c(CN2CCC(C)C2)c1. The van der Waals surface area contributed by atoms with E-state index in [0.29, 0.717) is 0 Å². The summed E-state index contributed by atoms with van der Waals surface area (Å²) in [5.41, 5.74) is 2.05. The van der Waals surface area contributed by atoms with E-state index in [4.69, 9.17) is 9.84 Å². The number of nitrogens with zero attached hydrogens (tertiary/aromatic N) is 1. The molecule has 20 heavy (non-hydrogen) atoms. The summed E-state index contributed by atoms with van der Waals surface area (Å²) in [7, 11) is 1.64. The van der Waals surface area contributed by atoms with Gasteiger partial charge in [0.1, 0.15) is 5.75 Å². The molecule has 1 N–H and O–H groups in total. The number of methoxy groups -OCH3 is 1. The molecule has 1 atom stereocenters. The maximum absolute atomic E-state index is 10.7. The van der Waals surface area contributed by atoms with Crippen molar-refractivity contribution in [3.63, 3.8) is 0 Å². The number of carboxylic acid groups (broad SMARTS) is 1. The van der Waals surface area contributed by atoms with Crippen LogP contribution < -0.4 is 4.74 Å². The first-order valence-corrected chi connectivity index (χ1v) is 6.88. The third-order valence-corrected chi connectivity index (χ3v) is 3.66. The summed E-state index contributed by atoms with van der Waals surface area (Å²) in [6, 6.07) is 5.76. The summed E-state index contributed by atoms with van der Waals surface area (Å²) in [5.74, 6) is 0.611. The molecule has 4 heteroatoms. The van der Waals surface area contributed by atoms with Gasteiger partial charge in [-0.05, 0) is 48.2 Å². The summed E-state index contributed by atoms with van der Waals surface area (Å²) in [5, 5.41) is 8.76. The Balaban J connectivity index is 2.20. The van der Waals surface area contributed by atoms with Gasteiger partial charge in [0.25, 0.3) is 0 Å². The van der Waals surface area contributed by atoms with Gasteiger partial charge in [-0.25, -0.2) is 4.79 Å². The minimum atomic E-state index is -0.929. The van der Waals surface area contributed by atoms with Gasteiger partial charge in [0.2, 0.25) is 0 Å². The number of ether oxygens (including phenoxy) is 1. The van der Waals surface area contributed by atoms with E-state index < -0.39 is 5.97 Å². The molecule has 0 amide bonds. The molecule has 1 fully saturated rings. The summed E-state index contributed by atoms with van der Waals surface area (Å²) >= 11 is 0. The highest BCUT2D eigenvalue weighted by Crippen LogP contribution is 2.23. The number of hydrogen-bond donors (Lipinski definition) is 1. The number of benzene rings is 1. The number of carboxylic acids is 1. The molecule has 0 spiro atoms. The van der Waals surface area contributed by atoms with E-state index in [1.165, 1.54) is 12.5 Å². The van der Waals surface area contributed by atoms with Crippen LogP contribution in [0, 0.1) is 5.92 Å². The van der Waals surface area contributed by atoms with Crippen molar-refractivity contribution < 1.29 is 14.6 Å². The summed E-state index contributed by atoms with van der Waals surface area (Å²) in [4.78, 5) is 13.1. The van der Waals surface area contributed by atoms with E-state index in [2.05, 4.69) is 11.8 Å². The lowest BCUT2D eigenvalue weighted by Gasteiger charge is -2.17. The average Bonchev–Trinajstić information content (AvgIpc) is 2.82. The fourth-order valence-electron chi connectivity index (χ4n) is 2.58. The first-order chi connectivity index (χ1) is 9.58. The zero-order valence-corrected chi connectivity index (χ0v) is 12.0. The Kier molecular flexibility index (Phi) is 4.79. The van der Waals surface area contributed by atoms with Crippen LogP contribution in [-0.2, 0) is 11.3 Å². The van der Waals surface area contributed by atoms with Crippen LogP contribution in [0.15, 0.2) is 24.3 Å². The number of aliphatic carboxylic acids is 1. The van der Waals surface area contributed by atoms with Crippen molar-refractivity contribution in [3.8, 4) is 5.75 Å². The van der Waals surface area contributed by atoms with Crippen molar-refractivity contribution in [1.29, 1.82) is 0 Å². The third kappa shape index (κ3) is 3.84. The van der Waals surface area contributed by atoms with Crippen LogP contribution in [-0.4, -0.2) is 36.2 Å². The molecule has 0 saturated carbocycles. The molecule has 0 bridgehead atoms. The van der Waals surface area contributed by atoms with E-state index >= 15 is 0 Å². The molecule has 1 aromatic rings. The Bertz CT molecular complexity index is 510. The molecule has 1 aromatic carbocycles. The van der Waals surface area contributed by atoms with Gasteiger partial charge in [-0.2, -0.15) is 0 Å². The van der Waals surface area contributed by atoms with Gasteiger partial charge in [-0.3, -0.25) is 4.90 Å². The van der Waals surface area contributed by atoms with E-state index in [0.717, 1.165) is 42.4 Å². The zero-order chi connectivity index (χ0) is 14.5. The molecular weight excluding hydrogens is 254 g/mol. The second-order valence-corrected chi connectivity index (χ2v) is 5.37. The molecule has 1 aliphatic rings. The molecule has 1 aliphatic heterocycles. The van der Waals surface area contributed by atoms with Gasteiger partial charge in [0, 0.05) is 19.2 Å². The Morgan fingerprint density at radius 1 is 1.55 bits per heavy atom. The van der Waals surface area contributed by atoms with E-state index in [9.17, 15) is 4.79 Å². The smallest absolute Gasteiger partial charge is 0.328 e. The van der Waals surface area contributed by atoms with Gasteiger partial charge < -0.3 is 9.84 Å². The van der Waals surface area contributed by atoms with Crippen LogP contribution in [0.5, 0.6) is 5.75 Å². The van der Waals surface area contributed by atoms with Crippen LogP contribution in [0.3, 0.4) is 0 Å². The molecule has 4 nitrogen and oxygen atoms in total. The number of rotatable bonds is 5. The first-order valence-electron chi connectivity index (χ1n) is 6.88. The molecule has 0 aliphatic carbocycles. The Morgan fingerprint density at radius 2 is 2.35 bits per heavy atom. The van der Waals surface area contributed by atoms with Crippen LogP contribution in [0.25, 0.3) is 6.08 Å². The third-order valence-electron chi connectivity index (χ3n) is 3.66. The molecular formula is C16H21NO3. The van der Waals surface area contributed by atoms with Gasteiger partial charge in [0.15, 0.2) is 0 Å². The molecule has 1 saturated heterocycles. The molecule has 0 radical (unpaired) electrons. The predicted molar refractivity (Wildman–Crippen MR) is 78.7 cm³/mol. The first kappa shape index (κ1) is 14.6. The lowest BCUT2D eigenvalue weighted by molar-refractivity contribution is -0.131. The summed E-state index contributed by atoms with van der Waals surface area (Å²) < 4.78 is 5.26. The van der Waals surface area contributed by atoms with Crippen LogP contribution in [0.2, 0.25) is 0 Å². The Labute approximate surface area is 119 Å². The normalized spacial score (nSPS) is 19.6. The molecule has 1 unspecified atom stereocenters. The predicted octanol–water partition coefficient (Wildman–Crippen LogP) is 2.63. The zero-order valence-electron chi connectivity index (χ0n) is 12.0. The second kappa shape index (κ2) is 6.57. The summed E-state index contributed by atoms with van der Waals surface area (Å²) in [6.45, 7) is 5.29. The van der Waals surface area contributed by atoms with Crippen LogP contribution in [0.1, 0.15) is 24.5 Å².